The predicted octanol–water partition coefficient (Wildman–Crippen LogP) is 2.43. The molecule has 2 N–H and O–H groups in total. The molecule has 20 heavy (non-hydrogen) atoms. The number of rotatable bonds is 4. The van der Waals surface area contributed by atoms with Crippen molar-refractivity contribution in [2.24, 2.45) is 0 Å². The summed E-state index contributed by atoms with van der Waals surface area (Å²) in [7, 11) is 0. The number of aryl methyl sites for hydroxylation is 1. The number of carbonyl (C=O) groups excluding carboxylic acids is 1. The molecule has 0 unspecified atom stereocenters. The number of hydrogen-bond acceptors (Lipinski definition) is 4. The summed E-state index contributed by atoms with van der Waals surface area (Å²) in [5, 5.41) is 11.5. The first-order chi connectivity index (χ1) is 9.19. The van der Waals surface area contributed by atoms with Gasteiger partial charge >= 0.3 is 12.1 Å². The largest absolute Gasteiger partial charge is 0.481 e. The van der Waals surface area contributed by atoms with Crippen molar-refractivity contribution >= 4 is 12.1 Å². The van der Waals surface area contributed by atoms with E-state index in [0.717, 1.165) is 5.56 Å². The van der Waals surface area contributed by atoms with Crippen LogP contribution in [-0.2, 0) is 9.53 Å². The molecule has 1 heterocycles. The lowest BCUT2D eigenvalue weighted by molar-refractivity contribution is -0.137. The van der Waals surface area contributed by atoms with Crippen molar-refractivity contribution in [2.75, 3.05) is 0 Å². The smallest absolute Gasteiger partial charge is 0.408 e. The molecule has 110 valence electrons. The second-order valence-corrected chi connectivity index (χ2v) is 5.53. The Balaban J connectivity index is 2.88. The topological polar surface area (TPSA) is 88.5 Å². The highest BCUT2D eigenvalue weighted by Gasteiger charge is 2.23. The zero-order valence-corrected chi connectivity index (χ0v) is 12.1. The molecule has 0 aliphatic rings. The normalized spacial score (nSPS) is 12.6. The Kier molecular flexibility index (Phi) is 5.07. The van der Waals surface area contributed by atoms with Crippen molar-refractivity contribution in [3.8, 4) is 0 Å². The van der Waals surface area contributed by atoms with Gasteiger partial charge in [-0.3, -0.25) is 9.78 Å². The lowest BCUT2D eigenvalue weighted by Gasteiger charge is -2.23. The molecule has 0 bridgehead atoms. The van der Waals surface area contributed by atoms with Gasteiger partial charge in [-0.2, -0.15) is 0 Å². The minimum atomic E-state index is -1.01. The van der Waals surface area contributed by atoms with Crippen LogP contribution in [0.1, 0.15) is 44.4 Å². The van der Waals surface area contributed by atoms with Crippen molar-refractivity contribution < 1.29 is 19.4 Å². The molecular weight excluding hydrogens is 260 g/mol. The van der Waals surface area contributed by atoms with Gasteiger partial charge in [-0.25, -0.2) is 4.79 Å². The number of carbonyl (C=O) groups is 2. The van der Waals surface area contributed by atoms with Crippen molar-refractivity contribution in [1.29, 1.82) is 0 Å². The first-order valence-corrected chi connectivity index (χ1v) is 6.31. The average Bonchev–Trinajstić information content (AvgIpc) is 2.25. The van der Waals surface area contributed by atoms with Crippen LogP contribution in [0.3, 0.4) is 0 Å². The highest BCUT2D eigenvalue weighted by atomic mass is 16.6. The SMILES string of the molecule is Cc1ccncc1[C@H](CC(=O)O)NC(=O)OC(C)(C)C. The highest BCUT2D eigenvalue weighted by Crippen LogP contribution is 2.20. The molecule has 0 fully saturated rings. The average molecular weight is 280 g/mol. The molecule has 1 rings (SSSR count). The van der Waals surface area contributed by atoms with Crippen LogP contribution in [-0.4, -0.2) is 27.8 Å². The Morgan fingerprint density at radius 3 is 2.60 bits per heavy atom. The Morgan fingerprint density at radius 2 is 2.10 bits per heavy atom. The van der Waals surface area contributed by atoms with Crippen molar-refractivity contribution in [2.45, 2.75) is 45.8 Å². The van der Waals surface area contributed by atoms with Gasteiger partial charge in [-0.1, -0.05) is 0 Å². The van der Waals surface area contributed by atoms with E-state index in [9.17, 15) is 9.59 Å². The summed E-state index contributed by atoms with van der Waals surface area (Å²) in [6.07, 6.45) is 2.29. The number of aliphatic carboxylic acids is 1. The summed E-state index contributed by atoms with van der Waals surface area (Å²) in [5.74, 6) is -1.01. The van der Waals surface area contributed by atoms with Crippen molar-refractivity contribution in [3.05, 3.63) is 29.6 Å². The molecule has 0 spiro atoms. The molecule has 0 aromatic carbocycles. The van der Waals surface area contributed by atoms with E-state index in [2.05, 4.69) is 10.3 Å². The maximum Gasteiger partial charge on any atom is 0.408 e. The molecular formula is C14H20N2O4. The Morgan fingerprint density at radius 1 is 1.45 bits per heavy atom. The minimum absolute atomic E-state index is 0.230. The molecule has 1 aromatic rings. The summed E-state index contributed by atoms with van der Waals surface area (Å²) >= 11 is 0. The molecule has 1 atom stereocenters. The number of carboxylic acid groups (broad SMARTS) is 1. The van der Waals surface area contributed by atoms with Crippen LogP contribution < -0.4 is 5.32 Å². The van der Waals surface area contributed by atoms with Gasteiger partial charge in [0.15, 0.2) is 0 Å². The Labute approximate surface area is 118 Å². The van der Waals surface area contributed by atoms with Crippen LogP contribution in [0.15, 0.2) is 18.5 Å². The maximum absolute atomic E-state index is 11.8. The number of amides is 1. The molecule has 0 radical (unpaired) electrons. The third-order valence-electron chi connectivity index (χ3n) is 2.52. The number of aromatic nitrogens is 1. The van der Waals surface area contributed by atoms with E-state index in [0.29, 0.717) is 5.56 Å². The maximum atomic E-state index is 11.8. The number of ether oxygens (including phenoxy) is 1. The Bertz CT molecular complexity index is 494. The Hall–Kier alpha value is -2.11. The molecule has 1 amide bonds. The van der Waals surface area contributed by atoms with Gasteiger partial charge in [0, 0.05) is 12.4 Å². The van der Waals surface area contributed by atoms with E-state index in [4.69, 9.17) is 9.84 Å². The van der Waals surface area contributed by atoms with Gasteiger partial charge in [0.25, 0.3) is 0 Å². The van der Waals surface area contributed by atoms with Gasteiger partial charge in [-0.15, -0.1) is 0 Å². The third-order valence-corrected chi connectivity index (χ3v) is 2.52. The minimum Gasteiger partial charge on any atom is -0.481 e. The summed E-state index contributed by atoms with van der Waals surface area (Å²) in [5.41, 5.74) is 0.894. The van der Waals surface area contributed by atoms with Crippen molar-refractivity contribution in [1.82, 2.24) is 10.3 Å². The van der Waals surface area contributed by atoms with Gasteiger partial charge in [0.1, 0.15) is 5.60 Å². The summed E-state index contributed by atoms with van der Waals surface area (Å²) in [4.78, 5) is 26.7. The van der Waals surface area contributed by atoms with Crippen molar-refractivity contribution in [3.63, 3.8) is 0 Å². The number of alkyl carbamates (subject to hydrolysis) is 1. The van der Waals surface area contributed by atoms with Crippen LogP contribution in [0.2, 0.25) is 0 Å². The van der Waals surface area contributed by atoms with E-state index < -0.39 is 23.7 Å². The van der Waals surface area contributed by atoms with Crippen LogP contribution in [0.25, 0.3) is 0 Å². The predicted molar refractivity (Wildman–Crippen MR) is 73.3 cm³/mol. The van der Waals surface area contributed by atoms with Gasteiger partial charge in [0.2, 0.25) is 0 Å². The van der Waals surface area contributed by atoms with E-state index in [-0.39, 0.29) is 6.42 Å². The fraction of sp³-hybridized carbons (Fsp3) is 0.500. The van der Waals surface area contributed by atoms with E-state index in [1.165, 1.54) is 0 Å². The number of nitrogens with one attached hydrogen (secondary N) is 1. The second kappa shape index (κ2) is 6.36. The standard InChI is InChI=1S/C14H20N2O4/c1-9-5-6-15-8-10(9)11(7-12(17)18)16-13(19)20-14(2,3)4/h5-6,8,11H,7H2,1-4H3,(H,16,19)(H,17,18)/t11-/m0/s1. The second-order valence-electron chi connectivity index (χ2n) is 5.53. The quantitative estimate of drug-likeness (QED) is 0.884. The molecule has 6 nitrogen and oxygen atoms in total. The lowest BCUT2D eigenvalue weighted by atomic mass is 10.0. The summed E-state index contributed by atoms with van der Waals surface area (Å²) in [6, 6.07) is 1.09. The fourth-order valence-electron chi connectivity index (χ4n) is 1.70. The first-order valence-electron chi connectivity index (χ1n) is 6.31. The number of nitrogens with zero attached hydrogens (tertiary/aromatic N) is 1. The van der Waals surface area contributed by atoms with Crippen LogP contribution in [0.5, 0.6) is 0 Å². The first kappa shape index (κ1) is 15.9. The number of hydrogen-bond donors (Lipinski definition) is 2. The van der Waals surface area contributed by atoms with Gasteiger partial charge < -0.3 is 15.2 Å². The van der Waals surface area contributed by atoms with Gasteiger partial charge in [0.05, 0.1) is 12.5 Å². The number of carboxylic acids is 1. The molecule has 0 saturated carbocycles. The van der Waals surface area contributed by atoms with Gasteiger partial charge in [-0.05, 0) is 44.9 Å². The molecule has 0 aliphatic heterocycles. The zero-order valence-electron chi connectivity index (χ0n) is 12.1. The van der Waals surface area contributed by atoms with Crippen LogP contribution in [0, 0.1) is 6.92 Å². The monoisotopic (exact) mass is 280 g/mol. The third kappa shape index (κ3) is 5.26. The molecule has 6 heteroatoms. The van der Waals surface area contributed by atoms with E-state index >= 15 is 0 Å². The van der Waals surface area contributed by atoms with Crippen LogP contribution in [0.4, 0.5) is 4.79 Å². The summed E-state index contributed by atoms with van der Waals surface area (Å²) < 4.78 is 5.15. The molecule has 0 saturated heterocycles. The molecule has 0 aliphatic carbocycles. The summed E-state index contributed by atoms with van der Waals surface area (Å²) in [6.45, 7) is 7.07. The number of pyridine rings is 1. The molecule has 1 aromatic heterocycles. The highest BCUT2D eigenvalue weighted by molar-refractivity contribution is 5.72. The lowest BCUT2D eigenvalue weighted by Crippen LogP contribution is -2.36. The van der Waals surface area contributed by atoms with E-state index in [1.54, 1.807) is 39.2 Å². The van der Waals surface area contributed by atoms with Crippen LogP contribution >= 0.6 is 0 Å². The zero-order chi connectivity index (χ0) is 15.3. The fourth-order valence-corrected chi connectivity index (χ4v) is 1.70. The van der Waals surface area contributed by atoms with E-state index in [1.807, 2.05) is 6.92 Å².